The van der Waals surface area contributed by atoms with E-state index in [4.69, 9.17) is 4.74 Å². The molecule has 0 aromatic heterocycles. The maximum atomic E-state index is 13.0. The second kappa shape index (κ2) is 4.96. The van der Waals surface area contributed by atoms with Gasteiger partial charge in [0.2, 0.25) is 0 Å². The lowest BCUT2D eigenvalue weighted by Gasteiger charge is -2.14. The SMILES string of the molecule is COC[C@@H](C)Nc1cc(C)cc(F)c1. The van der Waals surface area contributed by atoms with Gasteiger partial charge in [-0.2, -0.15) is 0 Å². The van der Waals surface area contributed by atoms with Crippen LogP contribution in [-0.4, -0.2) is 19.8 Å². The lowest BCUT2D eigenvalue weighted by Crippen LogP contribution is -2.20. The minimum atomic E-state index is -0.211. The van der Waals surface area contributed by atoms with Gasteiger partial charge in [0.1, 0.15) is 5.82 Å². The van der Waals surface area contributed by atoms with Crippen molar-refractivity contribution in [3.8, 4) is 0 Å². The van der Waals surface area contributed by atoms with Crippen molar-refractivity contribution < 1.29 is 9.13 Å². The van der Waals surface area contributed by atoms with Gasteiger partial charge in [-0.1, -0.05) is 0 Å². The van der Waals surface area contributed by atoms with E-state index < -0.39 is 0 Å². The summed E-state index contributed by atoms with van der Waals surface area (Å²) in [5.41, 5.74) is 1.71. The Labute approximate surface area is 84.1 Å². The van der Waals surface area contributed by atoms with Gasteiger partial charge in [-0.25, -0.2) is 4.39 Å². The molecule has 1 rings (SSSR count). The highest BCUT2D eigenvalue weighted by Gasteiger charge is 2.02. The van der Waals surface area contributed by atoms with Crippen LogP contribution in [0.25, 0.3) is 0 Å². The van der Waals surface area contributed by atoms with E-state index >= 15 is 0 Å². The number of rotatable bonds is 4. The van der Waals surface area contributed by atoms with E-state index in [9.17, 15) is 4.39 Å². The Morgan fingerprint density at radius 2 is 2.14 bits per heavy atom. The number of methoxy groups -OCH3 is 1. The molecule has 0 radical (unpaired) electrons. The van der Waals surface area contributed by atoms with Crippen molar-refractivity contribution in [2.24, 2.45) is 0 Å². The number of hydrogen-bond acceptors (Lipinski definition) is 2. The first-order chi connectivity index (χ1) is 6.61. The van der Waals surface area contributed by atoms with Gasteiger partial charge in [0.15, 0.2) is 0 Å². The molecule has 0 fully saturated rings. The minimum Gasteiger partial charge on any atom is -0.383 e. The van der Waals surface area contributed by atoms with Gasteiger partial charge in [0, 0.05) is 18.8 Å². The normalized spacial score (nSPS) is 12.6. The molecule has 0 heterocycles. The van der Waals surface area contributed by atoms with Crippen molar-refractivity contribution >= 4 is 5.69 Å². The lowest BCUT2D eigenvalue weighted by atomic mass is 10.2. The van der Waals surface area contributed by atoms with Gasteiger partial charge in [-0.15, -0.1) is 0 Å². The summed E-state index contributed by atoms with van der Waals surface area (Å²) in [5, 5.41) is 3.16. The average Bonchev–Trinajstić information content (AvgIpc) is 2.01. The second-order valence-electron chi connectivity index (χ2n) is 3.52. The highest BCUT2D eigenvalue weighted by molar-refractivity contribution is 5.46. The summed E-state index contributed by atoms with van der Waals surface area (Å²) in [6, 6.07) is 5.09. The Morgan fingerprint density at radius 1 is 1.43 bits per heavy atom. The summed E-state index contributed by atoms with van der Waals surface area (Å²) in [6.45, 7) is 4.47. The third-order valence-electron chi connectivity index (χ3n) is 1.87. The molecule has 0 unspecified atom stereocenters. The summed E-state index contributed by atoms with van der Waals surface area (Å²) in [5.74, 6) is -0.211. The summed E-state index contributed by atoms with van der Waals surface area (Å²) >= 11 is 0. The van der Waals surface area contributed by atoms with Crippen molar-refractivity contribution in [3.05, 3.63) is 29.6 Å². The standard InChI is InChI=1S/C11H16FNO/c1-8-4-10(12)6-11(5-8)13-9(2)7-14-3/h4-6,9,13H,7H2,1-3H3/t9-/m1/s1. The zero-order valence-electron chi connectivity index (χ0n) is 8.80. The molecule has 1 N–H and O–H groups in total. The molecule has 2 nitrogen and oxygen atoms in total. The molecule has 0 saturated carbocycles. The van der Waals surface area contributed by atoms with Crippen LogP contribution in [0.1, 0.15) is 12.5 Å². The zero-order valence-corrected chi connectivity index (χ0v) is 8.80. The van der Waals surface area contributed by atoms with E-state index in [1.165, 1.54) is 12.1 Å². The number of hydrogen-bond donors (Lipinski definition) is 1. The second-order valence-corrected chi connectivity index (χ2v) is 3.52. The zero-order chi connectivity index (χ0) is 10.6. The molecule has 0 saturated heterocycles. The predicted molar refractivity (Wildman–Crippen MR) is 56.1 cm³/mol. The molecule has 0 aliphatic heterocycles. The number of anilines is 1. The van der Waals surface area contributed by atoms with E-state index in [1.54, 1.807) is 7.11 Å². The molecular formula is C11H16FNO. The predicted octanol–water partition coefficient (Wildman–Crippen LogP) is 2.58. The Morgan fingerprint density at radius 3 is 2.71 bits per heavy atom. The molecule has 0 aliphatic rings. The fourth-order valence-electron chi connectivity index (χ4n) is 1.40. The van der Waals surface area contributed by atoms with Crippen LogP contribution in [0.15, 0.2) is 18.2 Å². The third kappa shape index (κ3) is 3.34. The molecule has 1 atom stereocenters. The molecule has 1 aromatic carbocycles. The fourth-order valence-corrected chi connectivity index (χ4v) is 1.40. The van der Waals surface area contributed by atoms with Gasteiger partial charge in [0.25, 0.3) is 0 Å². The van der Waals surface area contributed by atoms with Crippen molar-refractivity contribution in [1.29, 1.82) is 0 Å². The quantitative estimate of drug-likeness (QED) is 0.801. The van der Waals surface area contributed by atoms with E-state index in [-0.39, 0.29) is 11.9 Å². The Bertz CT molecular complexity index is 281. The number of ether oxygens (including phenoxy) is 1. The number of halogens is 1. The molecule has 3 heteroatoms. The first-order valence-electron chi connectivity index (χ1n) is 4.64. The van der Waals surface area contributed by atoms with E-state index in [0.29, 0.717) is 6.61 Å². The van der Waals surface area contributed by atoms with Crippen LogP contribution in [0.2, 0.25) is 0 Å². The fraction of sp³-hybridized carbons (Fsp3) is 0.455. The molecule has 1 aromatic rings. The Kier molecular flexibility index (Phi) is 3.89. The first kappa shape index (κ1) is 11.0. The molecule has 0 aliphatic carbocycles. The molecule has 78 valence electrons. The smallest absolute Gasteiger partial charge is 0.125 e. The van der Waals surface area contributed by atoms with E-state index in [0.717, 1.165) is 11.3 Å². The first-order valence-corrected chi connectivity index (χ1v) is 4.64. The monoisotopic (exact) mass is 197 g/mol. The third-order valence-corrected chi connectivity index (χ3v) is 1.87. The van der Waals surface area contributed by atoms with Gasteiger partial charge in [-0.05, 0) is 37.6 Å². The highest BCUT2D eigenvalue weighted by Crippen LogP contribution is 2.14. The van der Waals surface area contributed by atoms with E-state index in [1.807, 2.05) is 19.9 Å². The van der Waals surface area contributed by atoms with Crippen molar-refractivity contribution in [2.45, 2.75) is 19.9 Å². The van der Waals surface area contributed by atoms with Crippen LogP contribution in [-0.2, 0) is 4.74 Å². The number of nitrogens with one attached hydrogen (secondary N) is 1. The van der Waals surface area contributed by atoms with Crippen LogP contribution in [0.3, 0.4) is 0 Å². The molecule has 0 spiro atoms. The maximum Gasteiger partial charge on any atom is 0.125 e. The van der Waals surface area contributed by atoms with Gasteiger partial charge < -0.3 is 10.1 Å². The Hall–Kier alpha value is -1.09. The van der Waals surface area contributed by atoms with Crippen molar-refractivity contribution in [2.75, 3.05) is 19.0 Å². The summed E-state index contributed by atoms with van der Waals surface area (Å²) in [6.07, 6.45) is 0. The van der Waals surface area contributed by atoms with Crippen LogP contribution in [0.5, 0.6) is 0 Å². The van der Waals surface area contributed by atoms with E-state index in [2.05, 4.69) is 5.32 Å². The van der Waals surface area contributed by atoms with Gasteiger partial charge in [-0.3, -0.25) is 0 Å². The van der Waals surface area contributed by atoms with Gasteiger partial charge >= 0.3 is 0 Å². The molecular weight excluding hydrogens is 181 g/mol. The molecule has 0 amide bonds. The van der Waals surface area contributed by atoms with Crippen LogP contribution >= 0.6 is 0 Å². The number of aryl methyl sites for hydroxylation is 1. The average molecular weight is 197 g/mol. The van der Waals surface area contributed by atoms with Crippen LogP contribution in [0.4, 0.5) is 10.1 Å². The Balaban J connectivity index is 2.66. The lowest BCUT2D eigenvalue weighted by molar-refractivity contribution is 0.190. The van der Waals surface area contributed by atoms with Crippen LogP contribution < -0.4 is 5.32 Å². The largest absolute Gasteiger partial charge is 0.383 e. The summed E-state index contributed by atoms with van der Waals surface area (Å²) in [4.78, 5) is 0. The minimum absolute atomic E-state index is 0.182. The maximum absolute atomic E-state index is 13.0. The molecule has 14 heavy (non-hydrogen) atoms. The van der Waals surface area contributed by atoms with Crippen molar-refractivity contribution in [3.63, 3.8) is 0 Å². The van der Waals surface area contributed by atoms with Crippen LogP contribution in [0, 0.1) is 12.7 Å². The topological polar surface area (TPSA) is 21.3 Å². The highest BCUT2D eigenvalue weighted by atomic mass is 19.1. The summed E-state index contributed by atoms with van der Waals surface area (Å²) < 4.78 is 18.0. The number of benzene rings is 1. The summed E-state index contributed by atoms with van der Waals surface area (Å²) in [7, 11) is 1.65. The molecule has 0 bridgehead atoms. The van der Waals surface area contributed by atoms with Crippen molar-refractivity contribution in [1.82, 2.24) is 0 Å². The van der Waals surface area contributed by atoms with Gasteiger partial charge in [0.05, 0.1) is 6.61 Å².